The van der Waals surface area contributed by atoms with Crippen LogP contribution in [0.5, 0.6) is 5.75 Å². The molecule has 1 aliphatic rings. The highest BCUT2D eigenvalue weighted by molar-refractivity contribution is 7.99. The Kier molecular flexibility index (Phi) is 6.89. The predicted molar refractivity (Wildman–Crippen MR) is 86.0 cm³/mol. The van der Waals surface area contributed by atoms with Gasteiger partial charge in [0.15, 0.2) is 0 Å². The quantitative estimate of drug-likeness (QED) is 0.785. The Balaban J connectivity index is 1.62. The molecule has 21 heavy (non-hydrogen) atoms. The van der Waals surface area contributed by atoms with E-state index in [2.05, 4.69) is 5.32 Å². The molecule has 2 rings (SSSR count). The van der Waals surface area contributed by atoms with Crippen LogP contribution in [0.1, 0.15) is 18.4 Å². The number of carbonyl (C=O) groups excluding carboxylic acids is 1. The summed E-state index contributed by atoms with van der Waals surface area (Å²) in [5.41, 5.74) is 0.976. The Hall–Kier alpha value is -1.20. The molecule has 0 bridgehead atoms. The number of amides is 1. The Morgan fingerprint density at radius 2 is 2.24 bits per heavy atom. The molecule has 1 aromatic rings. The van der Waals surface area contributed by atoms with Gasteiger partial charge in [0, 0.05) is 30.8 Å². The Morgan fingerprint density at radius 3 is 3.00 bits per heavy atom. The number of ether oxygens (including phenoxy) is 2. The smallest absolute Gasteiger partial charge is 0.224 e. The zero-order valence-electron chi connectivity index (χ0n) is 12.5. The number of hydrogen-bond donors (Lipinski definition) is 1. The normalized spacial score (nSPS) is 15.7. The molecule has 0 aromatic heterocycles. The van der Waals surface area contributed by atoms with Crippen LogP contribution in [0.4, 0.5) is 0 Å². The average Bonchev–Trinajstić information content (AvgIpc) is 2.53. The van der Waals surface area contributed by atoms with Crippen molar-refractivity contribution in [3.05, 3.63) is 29.8 Å². The lowest BCUT2D eigenvalue weighted by Gasteiger charge is -2.21. The molecule has 1 aliphatic heterocycles. The minimum Gasteiger partial charge on any atom is -0.497 e. The van der Waals surface area contributed by atoms with Crippen molar-refractivity contribution in [1.82, 2.24) is 5.32 Å². The van der Waals surface area contributed by atoms with Gasteiger partial charge in [0.2, 0.25) is 5.91 Å². The zero-order chi connectivity index (χ0) is 14.9. The van der Waals surface area contributed by atoms with E-state index in [4.69, 9.17) is 9.47 Å². The van der Waals surface area contributed by atoms with E-state index in [1.807, 2.05) is 36.0 Å². The van der Waals surface area contributed by atoms with Crippen molar-refractivity contribution in [2.75, 3.05) is 32.6 Å². The van der Waals surface area contributed by atoms with Crippen molar-refractivity contribution in [1.29, 1.82) is 0 Å². The summed E-state index contributed by atoms with van der Waals surface area (Å²) in [4.78, 5) is 11.9. The van der Waals surface area contributed by atoms with Crippen molar-refractivity contribution in [3.8, 4) is 5.75 Å². The number of rotatable bonds is 7. The SMILES string of the molecule is COc1cccc(CC(=O)NCCSC2CCOCC2)c1. The Labute approximate surface area is 130 Å². The van der Waals surface area contributed by atoms with Gasteiger partial charge in [0.25, 0.3) is 0 Å². The first kappa shape index (κ1) is 16.2. The van der Waals surface area contributed by atoms with Gasteiger partial charge in [-0.15, -0.1) is 0 Å². The van der Waals surface area contributed by atoms with E-state index in [0.717, 1.165) is 49.7 Å². The van der Waals surface area contributed by atoms with Crippen LogP contribution in [-0.4, -0.2) is 43.8 Å². The maximum Gasteiger partial charge on any atom is 0.224 e. The van der Waals surface area contributed by atoms with Crippen molar-refractivity contribution in [2.24, 2.45) is 0 Å². The molecule has 1 saturated heterocycles. The van der Waals surface area contributed by atoms with Gasteiger partial charge in [-0.2, -0.15) is 11.8 Å². The fourth-order valence-corrected chi connectivity index (χ4v) is 3.37. The third kappa shape index (κ3) is 5.98. The van der Waals surface area contributed by atoms with Crippen LogP contribution in [-0.2, 0) is 16.0 Å². The number of methoxy groups -OCH3 is 1. The lowest BCUT2D eigenvalue weighted by molar-refractivity contribution is -0.120. The number of hydrogen-bond acceptors (Lipinski definition) is 4. The van der Waals surface area contributed by atoms with Crippen LogP contribution in [0, 0.1) is 0 Å². The zero-order valence-corrected chi connectivity index (χ0v) is 13.3. The van der Waals surface area contributed by atoms with Crippen LogP contribution < -0.4 is 10.1 Å². The third-order valence-electron chi connectivity index (χ3n) is 3.44. The second-order valence-corrected chi connectivity index (χ2v) is 6.47. The van der Waals surface area contributed by atoms with E-state index in [-0.39, 0.29) is 5.91 Å². The summed E-state index contributed by atoms with van der Waals surface area (Å²) in [6, 6.07) is 7.63. The van der Waals surface area contributed by atoms with E-state index in [1.54, 1.807) is 7.11 Å². The molecule has 0 unspecified atom stereocenters. The molecule has 0 saturated carbocycles. The molecule has 4 nitrogen and oxygen atoms in total. The minimum absolute atomic E-state index is 0.0656. The summed E-state index contributed by atoms with van der Waals surface area (Å²) < 4.78 is 10.5. The molecule has 1 N–H and O–H groups in total. The summed E-state index contributed by atoms with van der Waals surface area (Å²) in [5, 5.41) is 3.67. The number of benzene rings is 1. The Bertz CT molecular complexity index is 447. The summed E-state index contributed by atoms with van der Waals surface area (Å²) in [6.07, 6.45) is 2.66. The van der Waals surface area contributed by atoms with Crippen LogP contribution in [0.15, 0.2) is 24.3 Å². The average molecular weight is 309 g/mol. The van der Waals surface area contributed by atoms with E-state index in [0.29, 0.717) is 11.7 Å². The molecule has 1 fully saturated rings. The molecule has 5 heteroatoms. The third-order valence-corrected chi connectivity index (χ3v) is 4.83. The first-order chi connectivity index (χ1) is 10.3. The molecule has 0 aliphatic carbocycles. The summed E-state index contributed by atoms with van der Waals surface area (Å²) in [7, 11) is 1.63. The molecule has 0 spiro atoms. The van der Waals surface area contributed by atoms with Crippen LogP contribution in [0.2, 0.25) is 0 Å². The lowest BCUT2D eigenvalue weighted by atomic mass is 10.1. The molecule has 1 heterocycles. The topological polar surface area (TPSA) is 47.6 Å². The van der Waals surface area contributed by atoms with Gasteiger partial charge in [-0.05, 0) is 30.5 Å². The van der Waals surface area contributed by atoms with E-state index in [1.165, 1.54) is 0 Å². The largest absolute Gasteiger partial charge is 0.497 e. The van der Waals surface area contributed by atoms with Crippen LogP contribution in [0.3, 0.4) is 0 Å². The molecule has 1 aromatic carbocycles. The molecular weight excluding hydrogens is 286 g/mol. The minimum atomic E-state index is 0.0656. The highest BCUT2D eigenvalue weighted by Gasteiger charge is 2.13. The van der Waals surface area contributed by atoms with Crippen molar-refractivity contribution in [2.45, 2.75) is 24.5 Å². The first-order valence-electron chi connectivity index (χ1n) is 7.37. The van der Waals surface area contributed by atoms with E-state index in [9.17, 15) is 4.79 Å². The second kappa shape index (κ2) is 8.95. The molecule has 0 radical (unpaired) electrons. The van der Waals surface area contributed by atoms with E-state index < -0.39 is 0 Å². The van der Waals surface area contributed by atoms with Crippen molar-refractivity contribution >= 4 is 17.7 Å². The molecule has 1 amide bonds. The maximum absolute atomic E-state index is 11.9. The van der Waals surface area contributed by atoms with Gasteiger partial charge in [-0.3, -0.25) is 4.79 Å². The standard InChI is InChI=1S/C16H23NO3S/c1-19-14-4-2-3-13(11-14)12-16(18)17-7-10-21-15-5-8-20-9-6-15/h2-4,11,15H,5-10,12H2,1H3,(H,17,18). The van der Waals surface area contributed by atoms with E-state index >= 15 is 0 Å². The highest BCUT2D eigenvalue weighted by atomic mass is 32.2. The highest BCUT2D eigenvalue weighted by Crippen LogP contribution is 2.21. The lowest BCUT2D eigenvalue weighted by Crippen LogP contribution is -2.28. The van der Waals surface area contributed by atoms with Gasteiger partial charge in [0.05, 0.1) is 13.5 Å². The molecule has 0 atom stereocenters. The van der Waals surface area contributed by atoms with Gasteiger partial charge in [0.1, 0.15) is 5.75 Å². The van der Waals surface area contributed by atoms with Crippen molar-refractivity contribution in [3.63, 3.8) is 0 Å². The second-order valence-electron chi connectivity index (χ2n) is 5.06. The van der Waals surface area contributed by atoms with Gasteiger partial charge < -0.3 is 14.8 Å². The fraction of sp³-hybridized carbons (Fsp3) is 0.562. The van der Waals surface area contributed by atoms with Crippen LogP contribution >= 0.6 is 11.8 Å². The maximum atomic E-state index is 11.9. The number of carbonyl (C=O) groups is 1. The van der Waals surface area contributed by atoms with Crippen LogP contribution in [0.25, 0.3) is 0 Å². The summed E-state index contributed by atoms with van der Waals surface area (Å²) in [5.74, 6) is 1.82. The molecular formula is C16H23NO3S. The fourth-order valence-electron chi connectivity index (χ4n) is 2.29. The predicted octanol–water partition coefficient (Wildman–Crippen LogP) is 2.27. The van der Waals surface area contributed by atoms with Gasteiger partial charge in [-0.1, -0.05) is 12.1 Å². The summed E-state index contributed by atoms with van der Waals surface area (Å²) >= 11 is 1.94. The number of thioether (sulfide) groups is 1. The molecule has 116 valence electrons. The summed E-state index contributed by atoms with van der Waals surface area (Å²) in [6.45, 7) is 2.48. The monoisotopic (exact) mass is 309 g/mol. The Morgan fingerprint density at radius 1 is 1.43 bits per heavy atom. The van der Waals surface area contributed by atoms with Gasteiger partial charge >= 0.3 is 0 Å². The number of nitrogens with one attached hydrogen (secondary N) is 1. The first-order valence-corrected chi connectivity index (χ1v) is 8.42. The van der Waals surface area contributed by atoms with Gasteiger partial charge in [-0.25, -0.2) is 0 Å². The van der Waals surface area contributed by atoms with Crippen molar-refractivity contribution < 1.29 is 14.3 Å².